The van der Waals surface area contributed by atoms with Crippen molar-refractivity contribution in [1.82, 2.24) is 4.98 Å². The Balaban J connectivity index is 2.21. The Labute approximate surface area is 122 Å². The van der Waals surface area contributed by atoms with E-state index in [1.165, 1.54) is 25.7 Å². The molecule has 1 aliphatic carbocycles. The van der Waals surface area contributed by atoms with E-state index in [0.29, 0.717) is 12.0 Å². The van der Waals surface area contributed by atoms with Crippen molar-refractivity contribution < 1.29 is 4.74 Å². The monoisotopic (exact) mass is 277 g/mol. The molecule has 1 saturated carbocycles. The first-order valence-corrected chi connectivity index (χ1v) is 7.68. The summed E-state index contributed by atoms with van der Waals surface area (Å²) in [6.07, 6.45) is 6.97. The summed E-state index contributed by atoms with van der Waals surface area (Å²) in [4.78, 5) is 6.81. The molecule has 1 aromatic heterocycles. The molecule has 2 rings (SSSR count). The summed E-state index contributed by atoms with van der Waals surface area (Å²) in [6.45, 7) is 4.84. The van der Waals surface area contributed by atoms with Gasteiger partial charge in [-0.2, -0.15) is 0 Å². The number of ether oxygens (including phenoxy) is 1. The van der Waals surface area contributed by atoms with Crippen LogP contribution in [0, 0.1) is 5.92 Å². The third-order valence-corrected chi connectivity index (χ3v) is 4.12. The maximum absolute atomic E-state index is 5.95. The summed E-state index contributed by atoms with van der Waals surface area (Å²) < 4.78 is 5.89. The molecule has 1 aliphatic rings. The summed E-state index contributed by atoms with van der Waals surface area (Å²) in [5, 5.41) is 0. The molecule has 0 amide bonds. The molecule has 1 heterocycles. The van der Waals surface area contributed by atoms with Gasteiger partial charge in [-0.1, -0.05) is 12.8 Å². The Bertz CT molecular complexity index is 422. The molecule has 2 N–H and O–H groups in total. The zero-order chi connectivity index (χ0) is 14.5. The zero-order valence-electron chi connectivity index (χ0n) is 12.9. The van der Waals surface area contributed by atoms with Gasteiger partial charge in [-0.25, -0.2) is 4.98 Å². The zero-order valence-corrected chi connectivity index (χ0v) is 12.9. The van der Waals surface area contributed by atoms with Gasteiger partial charge in [0, 0.05) is 19.3 Å². The minimum absolute atomic E-state index is 0.156. The molecule has 4 heteroatoms. The van der Waals surface area contributed by atoms with Crippen molar-refractivity contribution in [2.45, 2.75) is 51.7 Å². The molecular weight excluding hydrogens is 250 g/mol. The molecule has 0 spiro atoms. The number of nitrogens with zero attached hydrogens (tertiary/aromatic N) is 2. The van der Waals surface area contributed by atoms with E-state index in [0.717, 1.165) is 18.1 Å². The van der Waals surface area contributed by atoms with Crippen LogP contribution in [-0.4, -0.2) is 30.7 Å². The van der Waals surface area contributed by atoms with Crippen LogP contribution >= 0.6 is 0 Å². The van der Waals surface area contributed by atoms with Crippen LogP contribution in [0.4, 0.5) is 5.82 Å². The SMILES string of the molecule is CC(C)Oc1cccnc1N(C)C1CCCCC1CN. The van der Waals surface area contributed by atoms with Gasteiger partial charge in [0.05, 0.1) is 6.10 Å². The fraction of sp³-hybridized carbons (Fsp3) is 0.688. The number of hydrogen-bond acceptors (Lipinski definition) is 4. The molecule has 0 aromatic carbocycles. The van der Waals surface area contributed by atoms with E-state index in [-0.39, 0.29) is 6.10 Å². The van der Waals surface area contributed by atoms with Gasteiger partial charge in [0.25, 0.3) is 0 Å². The molecular formula is C16H27N3O. The molecule has 0 aliphatic heterocycles. The van der Waals surface area contributed by atoms with Crippen LogP contribution in [0.2, 0.25) is 0 Å². The number of pyridine rings is 1. The Kier molecular flexibility index (Phi) is 5.24. The average molecular weight is 277 g/mol. The van der Waals surface area contributed by atoms with E-state index in [4.69, 9.17) is 10.5 Å². The second-order valence-electron chi connectivity index (χ2n) is 5.95. The van der Waals surface area contributed by atoms with Crippen LogP contribution in [0.3, 0.4) is 0 Å². The minimum atomic E-state index is 0.156. The Morgan fingerprint density at radius 1 is 1.40 bits per heavy atom. The van der Waals surface area contributed by atoms with E-state index >= 15 is 0 Å². The number of hydrogen-bond donors (Lipinski definition) is 1. The molecule has 2 atom stereocenters. The van der Waals surface area contributed by atoms with E-state index in [1.807, 2.05) is 32.2 Å². The third kappa shape index (κ3) is 3.42. The van der Waals surface area contributed by atoms with Gasteiger partial charge in [-0.15, -0.1) is 0 Å². The second-order valence-corrected chi connectivity index (χ2v) is 5.95. The minimum Gasteiger partial charge on any atom is -0.487 e. The van der Waals surface area contributed by atoms with Gasteiger partial charge in [-0.05, 0) is 51.3 Å². The van der Waals surface area contributed by atoms with Crippen LogP contribution in [0.15, 0.2) is 18.3 Å². The van der Waals surface area contributed by atoms with E-state index < -0.39 is 0 Å². The number of anilines is 1. The molecule has 0 saturated heterocycles. The second kappa shape index (κ2) is 6.93. The molecule has 0 bridgehead atoms. The maximum Gasteiger partial charge on any atom is 0.171 e. The Hall–Kier alpha value is -1.29. The van der Waals surface area contributed by atoms with E-state index in [1.54, 1.807) is 0 Å². The van der Waals surface area contributed by atoms with Crippen molar-refractivity contribution in [1.29, 1.82) is 0 Å². The molecule has 112 valence electrons. The van der Waals surface area contributed by atoms with E-state index in [9.17, 15) is 0 Å². The fourth-order valence-electron chi connectivity index (χ4n) is 3.12. The van der Waals surface area contributed by atoms with Crippen LogP contribution in [0.5, 0.6) is 5.75 Å². The van der Waals surface area contributed by atoms with Crippen LogP contribution in [0.25, 0.3) is 0 Å². The van der Waals surface area contributed by atoms with Crippen molar-refractivity contribution >= 4 is 5.82 Å². The number of rotatable bonds is 5. The fourth-order valence-corrected chi connectivity index (χ4v) is 3.12. The lowest BCUT2D eigenvalue weighted by Gasteiger charge is -2.38. The van der Waals surface area contributed by atoms with Gasteiger partial charge in [0.2, 0.25) is 0 Å². The Morgan fingerprint density at radius 3 is 2.85 bits per heavy atom. The first-order chi connectivity index (χ1) is 9.63. The van der Waals surface area contributed by atoms with Crippen molar-refractivity contribution in [3.05, 3.63) is 18.3 Å². The first kappa shape index (κ1) is 15.1. The highest BCUT2D eigenvalue weighted by Gasteiger charge is 2.29. The van der Waals surface area contributed by atoms with Crippen molar-refractivity contribution in [3.8, 4) is 5.75 Å². The molecule has 4 nitrogen and oxygen atoms in total. The van der Waals surface area contributed by atoms with Crippen LogP contribution in [0.1, 0.15) is 39.5 Å². The van der Waals surface area contributed by atoms with Gasteiger partial charge in [0.1, 0.15) is 0 Å². The molecule has 2 unspecified atom stereocenters. The van der Waals surface area contributed by atoms with Crippen molar-refractivity contribution in [2.24, 2.45) is 11.7 Å². The lowest BCUT2D eigenvalue weighted by atomic mass is 9.83. The summed E-state index contributed by atoms with van der Waals surface area (Å²) in [6, 6.07) is 4.40. The predicted molar refractivity (Wildman–Crippen MR) is 83.2 cm³/mol. The summed E-state index contributed by atoms with van der Waals surface area (Å²) in [7, 11) is 2.12. The Morgan fingerprint density at radius 2 is 2.15 bits per heavy atom. The van der Waals surface area contributed by atoms with Gasteiger partial charge >= 0.3 is 0 Å². The number of aromatic nitrogens is 1. The largest absolute Gasteiger partial charge is 0.487 e. The normalized spacial score (nSPS) is 22.9. The van der Waals surface area contributed by atoms with Gasteiger partial charge < -0.3 is 15.4 Å². The first-order valence-electron chi connectivity index (χ1n) is 7.68. The highest BCUT2D eigenvalue weighted by molar-refractivity contribution is 5.52. The van der Waals surface area contributed by atoms with Crippen LogP contribution < -0.4 is 15.4 Å². The lowest BCUT2D eigenvalue weighted by Crippen LogP contribution is -2.43. The molecule has 1 aromatic rings. The maximum atomic E-state index is 5.95. The highest BCUT2D eigenvalue weighted by Crippen LogP contribution is 2.33. The highest BCUT2D eigenvalue weighted by atomic mass is 16.5. The molecule has 0 radical (unpaired) electrons. The topological polar surface area (TPSA) is 51.4 Å². The predicted octanol–water partition coefficient (Wildman–Crippen LogP) is 2.82. The third-order valence-electron chi connectivity index (χ3n) is 4.12. The average Bonchev–Trinajstić information content (AvgIpc) is 2.46. The number of nitrogens with two attached hydrogens (primary N) is 1. The van der Waals surface area contributed by atoms with Gasteiger partial charge in [0.15, 0.2) is 11.6 Å². The molecule has 20 heavy (non-hydrogen) atoms. The summed E-state index contributed by atoms with van der Waals surface area (Å²) in [5.74, 6) is 2.36. The lowest BCUT2D eigenvalue weighted by molar-refractivity contribution is 0.239. The van der Waals surface area contributed by atoms with Crippen LogP contribution in [-0.2, 0) is 0 Å². The van der Waals surface area contributed by atoms with Crippen molar-refractivity contribution in [2.75, 3.05) is 18.5 Å². The van der Waals surface area contributed by atoms with E-state index in [2.05, 4.69) is 16.9 Å². The quantitative estimate of drug-likeness (QED) is 0.899. The summed E-state index contributed by atoms with van der Waals surface area (Å²) in [5.41, 5.74) is 5.95. The van der Waals surface area contributed by atoms with Crippen molar-refractivity contribution in [3.63, 3.8) is 0 Å². The summed E-state index contributed by atoms with van der Waals surface area (Å²) >= 11 is 0. The smallest absolute Gasteiger partial charge is 0.171 e. The standard InChI is InChI=1S/C16H27N3O/c1-12(2)20-15-9-6-10-18-16(15)19(3)14-8-5-4-7-13(14)11-17/h6,9-10,12-14H,4-5,7-8,11,17H2,1-3H3. The van der Waals surface area contributed by atoms with Gasteiger partial charge in [-0.3, -0.25) is 0 Å². The molecule has 1 fully saturated rings.